The van der Waals surface area contributed by atoms with E-state index >= 15 is 0 Å². The second kappa shape index (κ2) is 10.7. The van der Waals surface area contributed by atoms with Crippen molar-refractivity contribution in [1.29, 1.82) is 0 Å². The fourth-order valence-corrected chi connectivity index (χ4v) is 2.25. The predicted octanol–water partition coefficient (Wildman–Crippen LogP) is 1.50. The number of methoxy groups -OCH3 is 1. The van der Waals surface area contributed by atoms with Gasteiger partial charge in [0.05, 0.1) is 13.2 Å². The molecule has 0 amide bonds. The van der Waals surface area contributed by atoms with E-state index in [1.807, 2.05) is 0 Å². The van der Waals surface area contributed by atoms with Crippen molar-refractivity contribution in [3.8, 4) is 0 Å². The number of unbranched alkanes of at least 4 members (excludes halogenated alkanes) is 1. The first-order valence-corrected chi connectivity index (χ1v) is 7.35. The lowest BCUT2D eigenvalue weighted by Gasteiger charge is -2.27. The molecule has 108 valence electrons. The molecule has 1 aliphatic heterocycles. The van der Waals surface area contributed by atoms with Crippen LogP contribution in [0.4, 0.5) is 0 Å². The molecule has 1 saturated heterocycles. The van der Waals surface area contributed by atoms with Gasteiger partial charge in [-0.25, -0.2) is 0 Å². The van der Waals surface area contributed by atoms with Gasteiger partial charge in [0.2, 0.25) is 0 Å². The zero-order valence-corrected chi connectivity index (χ0v) is 12.1. The maximum absolute atomic E-state index is 5.47. The topological polar surface area (TPSA) is 33.7 Å². The number of hydrogen-bond donors (Lipinski definition) is 1. The summed E-state index contributed by atoms with van der Waals surface area (Å²) in [6, 6.07) is 0.671. The van der Waals surface area contributed by atoms with E-state index in [0.717, 1.165) is 26.2 Å². The van der Waals surface area contributed by atoms with Crippen LogP contribution in [0, 0.1) is 0 Å². The van der Waals surface area contributed by atoms with Gasteiger partial charge in [0, 0.05) is 19.8 Å². The summed E-state index contributed by atoms with van der Waals surface area (Å²) in [5, 5.41) is 3.54. The lowest BCUT2D eigenvalue weighted by Crippen LogP contribution is -2.38. The molecule has 1 aliphatic rings. The lowest BCUT2D eigenvalue weighted by molar-refractivity contribution is 0.0675. The maximum Gasteiger partial charge on any atom is 0.0700 e. The molecule has 0 aliphatic carbocycles. The summed E-state index contributed by atoms with van der Waals surface area (Å²) < 4.78 is 10.4. The number of nitrogens with one attached hydrogen (secondary N) is 1. The van der Waals surface area contributed by atoms with Crippen LogP contribution in [0.3, 0.4) is 0 Å². The van der Waals surface area contributed by atoms with E-state index in [4.69, 9.17) is 9.47 Å². The minimum atomic E-state index is 0.671. The summed E-state index contributed by atoms with van der Waals surface area (Å²) in [6.45, 7) is 9.45. The summed E-state index contributed by atoms with van der Waals surface area (Å²) in [7, 11) is 1.71. The van der Waals surface area contributed by atoms with Gasteiger partial charge in [-0.15, -0.1) is 0 Å². The quantitative estimate of drug-likeness (QED) is 0.669. The molecular weight excluding hydrogens is 228 g/mol. The van der Waals surface area contributed by atoms with Gasteiger partial charge in [0.25, 0.3) is 0 Å². The summed E-state index contributed by atoms with van der Waals surface area (Å²) >= 11 is 0. The SMILES string of the molecule is COCCOCCCCN1CCCNC(C)CC1. The van der Waals surface area contributed by atoms with Gasteiger partial charge in [-0.1, -0.05) is 0 Å². The van der Waals surface area contributed by atoms with Crippen molar-refractivity contribution in [2.75, 3.05) is 53.1 Å². The molecule has 1 unspecified atom stereocenters. The highest BCUT2D eigenvalue weighted by Crippen LogP contribution is 2.04. The first-order chi connectivity index (χ1) is 8.83. The Labute approximate surface area is 112 Å². The molecule has 0 aromatic rings. The summed E-state index contributed by atoms with van der Waals surface area (Å²) in [4.78, 5) is 2.60. The van der Waals surface area contributed by atoms with Crippen molar-refractivity contribution in [2.24, 2.45) is 0 Å². The molecule has 0 radical (unpaired) electrons. The van der Waals surface area contributed by atoms with E-state index in [2.05, 4.69) is 17.1 Å². The van der Waals surface area contributed by atoms with E-state index in [-0.39, 0.29) is 0 Å². The Kier molecular flexibility index (Phi) is 9.48. The van der Waals surface area contributed by atoms with Crippen LogP contribution in [-0.4, -0.2) is 64.1 Å². The summed E-state index contributed by atoms with van der Waals surface area (Å²) in [5.41, 5.74) is 0. The standard InChI is InChI=1S/C14H30N2O2/c1-14-6-10-16(9-5-7-15-14)8-3-4-11-18-13-12-17-2/h14-15H,3-13H2,1-2H3. The zero-order valence-electron chi connectivity index (χ0n) is 12.1. The van der Waals surface area contributed by atoms with Gasteiger partial charge in [-0.3, -0.25) is 0 Å². The molecular formula is C14H30N2O2. The summed E-state index contributed by atoms with van der Waals surface area (Å²) in [6.07, 6.45) is 4.95. The molecule has 4 nitrogen and oxygen atoms in total. The first-order valence-electron chi connectivity index (χ1n) is 7.35. The molecule has 1 N–H and O–H groups in total. The Bertz CT molecular complexity index is 191. The highest BCUT2D eigenvalue weighted by atomic mass is 16.5. The molecule has 1 heterocycles. The Morgan fingerprint density at radius 1 is 1.17 bits per heavy atom. The number of hydrogen-bond acceptors (Lipinski definition) is 4. The van der Waals surface area contributed by atoms with Gasteiger partial charge in [0.15, 0.2) is 0 Å². The third-order valence-electron chi connectivity index (χ3n) is 3.47. The van der Waals surface area contributed by atoms with E-state index in [9.17, 15) is 0 Å². The smallest absolute Gasteiger partial charge is 0.0700 e. The van der Waals surface area contributed by atoms with Crippen molar-refractivity contribution >= 4 is 0 Å². The van der Waals surface area contributed by atoms with Crippen LogP contribution in [0.15, 0.2) is 0 Å². The number of nitrogens with zero attached hydrogens (tertiary/aromatic N) is 1. The Morgan fingerprint density at radius 3 is 2.89 bits per heavy atom. The van der Waals surface area contributed by atoms with Crippen LogP contribution in [0.25, 0.3) is 0 Å². The van der Waals surface area contributed by atoms with Crippen molar-refractivity contribution in [3.05, 3.63) is 0 Å². The van der Waals surface area contributed by atoms with Gasteiger partial charge in [-0.2, -0.15) is 0 Å². The van der Waals surface area contributed by atoms with Crippen LogP contribution >= 0.6 is 0 Å². The normalized spacial score (nSPS) is 22.7. The molecule has 18 heavy (non-hydrogen) atoms. The van der Waals surface area contributed by atoms with Crippen LogP contribution < -0.4 is 5.32 Å². The lowest BCUT2D eigenvalue weighted by atomic mass is 10.1. The Balaban J connectivity index is 1.96. The molecule has 0 spiro atoms. The third-order valence-corrected chi connectivity index (χ3v) is 3.47. The minimum Gasteiger partial charge on any atom is -0.382 e. The molecule has 0 bridgehead atoms. The Morgan fingerprint density at radius 2 is 2.06 bits per heavy atom. The first kappa shape index (κ1) is 15.9. The zero-order chi connectivity index (χ0) is 13.1. The molecule has 1 atom stereocenters. The second-order valence-electron chi connectivity index (χ2n) is 5.15. The average molecular weight is 258 g/mol. The van der Waals surface area contributed by atoms with E-state index in [1.165, 1.54) is 38.9 Å². The monoisotopic (exact) mass is 258 g/mol. The van der Waals surface area contributed by atoms with E-state index in [1.54, 1.807) is 7.11 Å². The van der Waals surface area contributed by atoms with Gasteiger partial charge >= 0.3 is 0 Å². The Hall–Kier alpha value is -0.160. The molecule has 0 saturated carbocycles. The van der Waals surface area contributed by atoms with Crippen molar-refractivity contribution < 1.29 is 9.47 Å². The highest BCUT2D eigenvalue weighted by molar-refractivity contribution is 4.69. The second-order valence-corrected chi connectivity index (χ2v) is 5.15. The largest absolute Gasteiger partial charge is 0.382 e. The summed E-state index contributed by atoms with van der Waals surface area (Å²) in [5.74, 6) is 0. The van der Waals surface area contributed by atoms with Crippen LogP contribution in [0.2, 0.25) is 0 Å². The predicted molar refractivity (Wildman–Crippen MR) is 75.1 cm³/mol. The van der Waals surface area contributed by atoms with Crippen molar-refractivity contribution in [3.63, 3.8) is 0 Å². The minimum absolute atomic E-state index is 0.671. The molecule has 0 aromatic carbocycles. The highest BCUT2D eigenvalue weighted by Gasteiger charge is 2.10. The van der Waals surface area contributed by atoms with E-state index in [0.29, 0.717) is 12.6 Å². The van der Waals surface area contributed by atoms with Crippen LogP contribution in [0.5, 0.6) is 0 Å². The van der Waals surface area contributed by atoms with Gasteiger partial charge < -0.3 is 19.7 Å². The van der Waals surface area contributed by atoms with Crippen molar-refractivity contribution in [2.45, 2.75) is 38.6 Å². The van der Waals surface area contributed by atoms with E-state index < -0.39 is 0 Å². The van der Waals surface area contributed by atoms with Gasteiger partial charge in [0.1, 0.15) is 0 Å². The van der Waals surface area contributed by atoms with Crippen molar-refractivity contribution in [1.82, 2.24) is 10.2 Å². The fourth-order valence-electron chi connectivity index (χ4n) is 2.25. The molecule has 4 heteroatoms. The average Bonchev–Trinajstić information content (AvgIpc) is 2.36. The number of ether oxygens (including phenoxy) is 2. The molecule has 0 aromatic heterocycles. The molecule has 1 rings (SSSR count). The number of rotatable bonds is 8. The van der Waals surface area contributed by atoms with Gasteiger partial charge in [-0.05, 0) is 58.8 Å². The van der Waals surface area contributed by atoms with Crippen LogP contribution in [-0.2, 0) is 9.47 Å². The fraction of sp³-hybridized carbons (Fsp3) is 1.00. The van der Waals surface area contributed by atoms with Crippen LogP contribution in [0.1, 0.15) is 32.6 Å². The third kappa shape index (κ3) is 8.03. The molecule has 1 fully saturated rings. The maximum atomic E-state index is 5.47.